The van der Waals surface area contributed by atoms with Crippen molar-refractivity contribution in [3.8, 4) is 0 Å². The molecule has 3 heterocycles. The Balaban J connectivity index is 1.67. The van der Waals surface area contributed by atoms with Crippen LogP contribution in [0.2, 0.25) is 0 Å². The molecule has 2 aromatic heterocycles. The number of halogens is 1. The molecule has 1 aromatic carbocycles. The number of carbonyl (C=O) groups is 1. The van der Waals surface area contributed by atoms with Gasteiger partial charge in [0.25, 0.3) is 0 Å². The SMILES string of the molecule is CCC(=O)N(c1ccccc1F)C1(c2nnc(CC)o2)CCN(CCc2ccsc2)CC1. The van der Waals surface area contributed by atoms with Crippen molar-refractivity contribution in [3.63, 3.8) is 0 Å². The molecule has 1 aliphatic heterocycles. The van der Waals surface area contributed by atoms with Crippen LogP contribution in [0.15, 0.2) is 45.5 Å². The molecule has 0 radical (unpaired) electrons. The molecule has 0 aliphatic carbocycles. The Morgan fingerprint density at radius 3 is 2.62 bits per heavy atom. The average Bonchev–Trinajstić information content (AvgIpc) is 3.52. The van der Waals surface area contributed by atoms with Gasteiger partial charge in [-0.3, -0.25) is 9.69 Å². The number of hydrogen-bond acceptors (Lipinski definition) is 6. The number of benzene rings is 1. The molecule has 1 amide bonds. The minimum absolute atomic E-state index is 0.155. The lowest BCUT2D eigenvalue weighted by Crippen LogP contribution is -2.56. The molecule has 6 nitrogen and oxygen atoms in total. The van der Waals surface area contributed by atoms with E-state index < -0.39 is 11.4 Å². The molecule has 3 aromatic rings. The first-order valence-corrected chi connectivity index (χ1v) is 12.2. The van der Waals surface area contributed by atoms with Gasteiger partial charge in [-0.05, 0) is 53.8 Å². The molecule has 32 heavy (non-hydrogen) atoms. The molecular weight excluding hydrogens is 427 g/mol. The monoisotopic (exact) mass is 456 g/mol. The summed E-state index contributed by atoms with van der Waals surface area (Å²) in [6.07, 6.45) is 3.05. The van der Waals surface area contributed by atoms with Crippen molar-refractivity contribution in [3.05, 3.63) is 64.3 Å². The molecule has 0 atom stereocenters. The summed E-state index contributed by atoms with van der Waals surface area (Å²) in [5.41, 5.74) is 0.738. The van der Waals surface area contributed by atoms with Gasteiger partial charge >= 0.3 is 0 Å². The smallest absolute Gasteiger partial charge is 0.242 e. The average molecular weight is 457 g/mol. The van der Waals surface area contributed by atoms with E-state index in [-0.39, 0.29) is 18.0 Å². The van der Waals surface area contributed by atoms with Crippen molar-refractivity contribution >= 4 is 22.9 Å². The summed E-state index contributed by atoms with van der Waals surface area (Å²) in [6, 6.07) is 8.59. The maximum absolute atomic E-state index is 14.9. The highest BCUT2D eigenvalue weighted by Crippen LogP contribution is 2.42. The van der Waals surface area contributed by atoms with Crippen molar-refractivity contribution in [1.29, 1.82) is 0 Å². The maximum Gasteiger partial charge on any atom is 0.242 e. The summed E-state index contributed by atoms with van der Waals surface area (Å²) < 4.78 is 20.9. The van der Waals surface area contributed by atoms with Crippen molar-refractivity contribution in [1.82, 2.24) is 15.1 Å². The van der Waals surface area contributed by atoms with Crippen LogP contribution in [-0.4, -0.2) is 40.6 Å². The molecule has 0 N–H and O–H groups in total. The number of aromatic nitrogens is 2. The molecule has 170 valence electrons. The van der Waals surface area contributed by atoms with E-state index in [9.17, 15) is 9.18 Å². The third kappa shape index (κ3) is 4.47. The molecule has 8 heteroatoms. The summed E-state index contributed by atoms with van der Waals surface area (Å²) in [7, 11) is 0. The number of para-hydroxylation sites is 1. The number of amides is 1. The molecule has 0 spiro atoms. The molecule has 0 saturated carbocycles. The van der Waals surface area contributed by atoms with Gasteiger partial charge < -0.3 is 9.32 Å². The van der Waals surface area contributed by atoms with Gasteiger partial charge in [0.05, 0.1) is 5.69 Å². The van der Waals surface area contributed by atoms with E-state index in [1.54, 1.807) is 41.4 Å². The Kier molecular flexibility index (Phi) is 7.01. The fraction of sp³-hybridized carbons (Fsp3) is 0.458. The fourth-order valence-electron chi connectivity index (χ4n) is 4.38. The first kappa shape index (κ1) is 22.6. The van der Waals surface area contributed by atoms with Gasteiger partial charge in [0.1, 0.15) is 11.4 Å². The maximum atomic E-state index is 14.9. The number of likely N-dealkylation sites (tertiary alicyclic amines) is 1. The van der Waals surface area contributed by atoms with Crippen LogP contribution < -0.4 is 4.90 Å². The number of piperidine rings is 1. The number of rotatable bonds is 8. The summed E-state index contributed by atoms with van der Waals surface area (Å²) in [5.74, 6) is 0.343. The number of aryl methyl sites for hydroxylation is 1. The number of anilines is 1. The Morgan fingerprint density at radius 1 is 1.22 bits per heavy atom. The zero-order valence-electron chi connectivity index (χ0n) is 18.6. The molecule has 1 saturated heterocycles. The third-order valence-corrected chi connectivity index (χ3v) is 6.95. The van der Waals surface area contributed by atoms with Gasteiger partial charge in [-0.1, -0.05) is 26.0 Å². The number of nitrogens with zero attached hydrogens (tertiary/aromatic N) is 4. The first-order chi connectivity index (χ1) is 15.6. The van der Waals surface area contributed by atoms with E-state index in [1.165, 1.54) is 11.6 Å². The Labute approximate surface area is 192 Å². The van der Waals surface area contributed by atoms with Gasteiger partial charge in [0, 0.05) is 32.5 Å². The molecule has 0 bridgehead atoms. The molecule has 4 rings (SSSR count). The standard InChI is InChI=1S/C24H29FN4O2S/c1-3-21-26-27-23(31-21)24(29(22(30)4-2)20-8-6-5-7-19(20)25)11-14-28(15-12-24)13-9-18-10-16-32-17-18/h5-8,10,16-17H,3-4,9,11-15H2,1-2H3. The number of carbonyl (C=O) groups excluding carboxylic acids is 1. The van der Waals surface area contributed by atoms with Gasteiger partial charge in [0.2, 0.25) is 17.7 Å². The third-order valence-electron chi connectivity index (χ3n) is 6.22. The van der Waals surface area contributed by atoms with E-state index in [2.05, 4.69) is 31.9 Å². The van der Waals surface area contributed by atoms with Crippen molar-refractivity contribution < 1.29 is 13.6 Å². The van der Waals surface area contributed by atoms with Crippen molar-refractivity contribution in [2.75, 3.05) is 24.5 Å². The fourth-order valence-corrected chi connectivity index (χ4v) is 5.08. The zero-order chi connectivity index (χ0) is 22.6. The predicted molar refractivity (Wildman–Crippen MR) is 123 cm³/mol. The van der Waals surface area contributed by atoms with Crippen molar-refractivity contribution in [2.24, 2.45) is 0 Å². The van der Waals surface area contributed by atoms with Gasteiger partial charge in [-0.2, -0.15) is 11.3 Å². The second-order valence-corrected chi connectivity index (χ2v) is 8.92. The van der Waals surface area contributed by atoms with Crippen LogP contribution in [-0.2, 0) is 23.2 Å². The second kappa shape index (κ2) is 9.92. The van der Waals surface area contributed by atoms with Crippen LogP contribution in [0.25, 0.3) is 0 Å². The largest absolute Gasteiger partial charge is 0.423 e. The quantitative estimate of drug-likeness (QED) is 0.487. The summed E-state index contributed by atoms with van der Waals surface area (Å²) in [5, 5.41) is 12.8. The minimum atomic E-state index is -0.866. The van der Waals surface area contributed by atoms with Crippen LogP contribution in [0.1, 0.15) is 50.5 Å². The van der Waals surface area contributed by atoms with Gasteiger partial charge in [-0.15, -0.1) is 10.2 Å². The van der Waals surface area contributed by atoms with Crippen LogP contribution in [0.4, 0.5) is 10.1 Å². The van der Waals surface area contributed by atoms with E-state index in [0.717, 1.165) is 26.1 Å². The summed E-state index contributed by atoms with van der Waals surface area (Å²) in [4.78, 5) is 17.2. The molecule has 1 fully saturated rings. The topological polar surface area (TPSA) is 62.5 Å². The van der Waals surface area contributed by atoms with E-state index in [0.29, 0.717) is 31.0 Å². The summed E-state index contributed by atoms with van der Waals surface area (Å²) in [6.45, 7) is 6.21. The Hall–Kier alpha value is -2.58. The van der Waals surface area contributed by atoms with E-state index in [1.807, 2.05) is 6.92 Å². The summed E-state index contributed by atoms with van der Waals surface area (Å²) >= 11 is 1.71. The van der Waals surface area contributed by atoms with E-state index >= 15 is 0 Å². The van der Waals surface area contributed by atoms with Gasteiger partial charge in [0.15, 0.2) is 0 Å². The lowest BCUT2D eigenvalue weighted by molar-refractivity contribution is -0.120. The zero-order valence-corrected chi connectivity index (χ0v) is 19.4. The van der Waals surface area contributed by atoms with E-state index in [4.69, 9.17) is 4.42 Å². The van der Waals surface area contributed by atoms with Gasteiger partial charge in [-0.25, -0.2) is 4.39 Å². The second-order valence-electron chi connectivity index (χ2n) is 8.14. The Bertz CT molecular complexity index is 1030. The lowest BCUT2D eigenvalue weighted by atomic mass is 9.84. The molecule has 1 aliphatic rings. The first-order valence-electron chi connectivity index (χ1n) is 11.2. The van der Waals surface area contributed by atoms with Crippen molar-refractivity contribution in [2.45, 2.75) is 51.5 Å². The highest BCUT2D eigenvalue weighted by atomic mass is 32.1. The highest BCUT2D eigenvalue weighted by Gasteiger charge is 2.49. The molecular formula is C24H29FN4O2S. The predicted octanol–water partition coefficient (Wildman–Crippen LogP) is 4.81. The van der Waals surface area contributed by atoms with Crippen LogP contribution in [0.3, 0.4) is 0 Å². The van der Waals surface area contributed by atoms with Crippen LogP contribution >= 0.6 is 11.3 Å². The Morgan fingerprint density at radius 2 is 2.00 bits per heavy atom. The normalized spacial score (nSPS) is 16.2. The van der Waals surface area contributed by atoms with Crippen LogP contribution in [0, 0.1) is 5.82 Å². The highest BCUT2D eigenvalue weighted by molar-refractivity contribution is 7.07. The minimum Gasteiger partial charge on any atom is -0.423 e. The number of hydrogen-bond donors (Lipinski definition) is 0. The van der Waals surface area contributed by atoms with Crippen LogP contribution in [0.5, 0.6) is 0 Å². The number of thiophene rings is 1. The lowest BCUT2D eigenvalue weighted by Gasteiger charge is -2.46. The molecule has 0 unspecified atom stereocenters.